The number of carbonyl (C=O) groups is 3. The first kappa shape index (κ1) is 16.9. The van der Waals surface area contributed by atoms with Gasteiger partial charge in [-0.1, -0.05) is 13.8 Å². The Hall–Kier alpha value is -1.59. The molecule has 6 heteroatoms. The first-order valence-corrected chi connectivity index (χ1v) is 9.44. The van der Waals surface area contributed by atoms with Crippen molar-refractivity contribution < 1.29 is 28.6 Å². The zero-order chi connectivity index (χ0) is 17.9. The van der Waals surface area contributed by atoms with Gasteiger partial charge in [0.05, 0.1) is 11.8 Å². The molecule has 6 unspecified atom stereocenters. The third-order valence-electron chi connectivity index (χ3n) is 6.93. The van der Waals surface area contributed by atoms with Crippen LogP contribution in [-0.2, 0) is 28.6 Å². The number of hydrogen-bond donors (Lipinski definition) is 0. The van der Waals surface area contributed by atoms with E-state index in [-0.39, 0.29) is 35.8 Å². The molecule has 0 aromatic rings. The highest BCUT2D eigenvalue weighted by Gasteiger charge is 2.70. The van der Waals surface area contributed by atoms with Gasteiger partial charge >= 0.3 is 17.9 Å². The van der Waals surface area contributed by atoms with Crippen molar-refractivity contribution >= 4 is 17.9 Å². The molecule has 1 aliphatic heterocycles. The minimum absolute atomic E-state index is 0.0296. The van der Waals surface area contributed by atoms with Crippen molar-refractivity contribution in [2.45, 2.75) is 70.7 Å². The average molecular weight is 350 g/mol. The van der Waals surface area contributed by atoms with Gasteiger partial charge in [-0.2, -0.15) is 0 Å². The maximum absolute atomic E-state index is 13.1. The van der Waals surface area contributed by atoms with E-state index in [4.69, 9.17) is 14.2 Å². The molecule has 1 saturated heterocycles. The topological polar surface area (TPSA) is 78.9 Å². The van der Waals surface area contributed by atoms with E-state index in [0.717, 1.165) is 25.7 Å². The quantitative estimate of drug-likeness (QED) is 0.571. The van der Waals surface area contributed by atoms with Crippen LogP contribution in [0.2, 0.25) is 0 Å². The van der Waals surface area contributed by atoms with E-state index < -0.39 is 29.5 Å². The van der Waals surface area contributed by atoms with Gasteiger partial charge < -0.3 is 14.2 Å². The highest BCUT2D eigenvalue weighted by Crippen LogP contribution is 2.59. The Balaban J connectivity index is 1.58. The van der Waals surface area contributed by atoms with Gasteiger partial charge in [0.1, 0.15) is 17.8 Å². The van der Waals surface area contributed by atoms with Crippen LogP contribution in [0.3, 0.4) is 0 Å². The molecule has 6 nitrogen and oxygen atoms in total. The molecule has 138 valence electrons. The van der Waals surface area contributed by atoms with E-state index in [9.17, 15) is 14.4 Å². The zero-order valence-corrected chi connectivity index (χ0v) is 15.0. The second-order valence-electron chi connectivity index (χ2n) is 8.44. The summed E-state index contributed by atoms with van der Waals surface area (Å²) in [5.74, 6) is -1.98. The average Bonchev–Trinajstić information content (AvgIpc) is 3.24. The van der Waals surface area contributed by atoms with E-state index in [1.54, 1.807) is 0 Å². The zero-order valence-electron chi connectivity index (χ0n) is 15.0. The van der Waals surface area contributed by atoms with Gasteiger partial charge in [0.25, 0.3) is 0 Å². The van der Waals surface area contributed by atoms with Crippen LogP contribution in [-0.4, -0.2) is 35.7 Å². The molecule has 0 N–H and O–H groups in total. The minimum atomic E-state index is -0.545. The third-order valence-corrected chi connectivity index (χ3v) is 6.93. The molecule has 1 heterocycles. The number of fused-ring (bicyclic) bond motifs is 1. The molecule has 4 aliphatic rings. The van der Waals surface area contributed by atoms with Crippen molar-refractivity contribution in [2.75, 3.05) is 0 Å². The molecule has 4 fully saturated rings. The lowest BCUT2D eigenvalue weighted by atomic mass is 9.78. The third kappa shape index (κ3) is 2.40. The molecular weight excluding hydrogens is 324 g/mol. The van der Waals surface area contributed by atoms with Gasteiger partial charge in [-0.3, -0.25) is 14.4 Å². The molecule has 0 spiro atoms. The highest BCUT2D eigenvalue weighted by atomic mass is 16.6. The van der Waals surface area contributed by atoms with E-state index in [1.165, 1.54) is 6.92 Å². The summed E-state index contributed by atoms with van der Waals surface area (Å²) in [5.41, 5.74) is -0.419. The standard InChI is InChI=1S/C19H26O6/c1-9(2)19(6-4-5-7-19)25-18(22)14-12-8-11-13(14)17(21)24-16(11)15(12)23-10(3)20/h9,11-16H,4-8H2,1-3H3. The molecule has 2 bridgehead atoms. The lowest BCUT2D eigenvalue weighted by Gasteiger charge is -2.36. The summed E-state index contributed by atoms with van der Waals surface area (Å²) >= 11 is 0. The van der Waals surface area contributed by atoms with Crippen LogP contribution in [0.1, 0.15) is 52.9 Å². The number of carbonyl (C=O) groups excluding carboxylic acids is 3. The largest absolute Gasteiger partial charge is 0.459 e. The fourth-order valence-electron chi connectivity index (χ4n) is 5.70. The molecule has 3 aliphatic carbocycles. The summed E-state index contributed by atoms with van der Waals surface area (Å²) in [6.45, 7) is 5.52. The molecule has 4 rings (SSSR count). The predicted octanol–water partition coefficient (Wildman–Crippen LogP) is 2.24. The van der Waals surface area contributed by atoms with E-state index in [1.807, 2.05) is 0 Å². The maximum Gasteiger partial charge on any atom is 0.310 e. The number of hydrogen-bond acceptors (Lipinski definition) is 6. The Morgan fingerprint density at radius 2 is 1.88 bits per heavy atom. The summed E-state index contributed by atoms with van der Waals surface area (Å²) in [6.07, 6.45) is 3.66. The Kier molecular flexibility index (Phi) is 3.85. The number of ether oxygens (including phenoxy) is 3. The monoisotopic (exact) mass is 350 g/mol. The number of esters is 3. The summed E-state index contributed by atoms with van der Waals surface area (Å²) in [6, 6.07) is 0. The Morgan fingerprint density at radius 1 is 1.20 bits per heavy atom. The second-order valence-corrected chi connectivity index (χ2v) is 8.44. The van der Waals surface area contributed by atoms with Crippen LogP contribution < -0.4 is 0 Å². The van der Waals surface area contributed by atoms with E-state index in [2.05, 4.69) is 13.8 Å². The molecule has 25 heavy (non-hydrogen) atoms. The van der Waals surface area contributed by atoms with E-state index >= 15 is 0 Å². The second kappa shape index (κ2) is 5.71. The van der Waals surface area contributed by atoms with Gasteiger partial charge in [0.2, 0.25) is 0 Å². The molecule has 0 aromatic carbocycles. The van der Waals surface area contributed by atoms with Gasteiger partial charge in [-0.15, -0.1) is 0 Å². The van der Waals surface area contributed by atoms with Crippen LogP contribution in [0.5, 0.6) is 0 Å². The summed E-state index contributed by atoms with van der Waals surface area (Å²) in [4.78, 5) is 36.9. The van der Waals surface area contributed by atoms with Crippen LogP contribution >= 0.6 is 0 Å². The van der Waals surface area contributed by atoms with Gasteiger partial charge in [-0.25, -0.2) is 0 Å². The summed E-state index contributed by atoms with van der Waals surface area (Å²) < 4.78 is 16.9. The lowest BCUT2D eigenvalue weighted by molar-refractivity contribution is -0.178. The van der Waals surface area contributed by atoms with Crippen LogP contribution in [0, 0.1) is 29.6 Å². The van der Waals surface area contributed by atoms with Crippen molar-refractivity contribution in [3.63, 3.8) is 0 Å². The Labute approximate surface area is 147 Å². The lowest BCUT2D eigenvalue weighted by Crippen LogP contribution is -2.46. The van der Waals surface area contributed by atoms with E-state index in [0.29, 0.717) is 6.42 Å². The molecular formula is C19H26O6. The molecule has 0 aromatic heterocycles. The molecule has 3 saturated carbocycles. The fraction of sp³-hybridized carbons (Fsp3) is 0.842. The van der Waals surface area contributed by atoms with Crippen LogP contribution in [0.25, 0.3) is 0 Å². The summed E-state index contributed by atoms with van der Waals surface area (Å²) in [7, 11) is 0. The minimum Gasteiger partial charge on any atom is -0.459 e. The smallest absolute Gasteiger partial charge is 0.310 e. The fourth-order valence-corrected chi connectivity index (χ4v) is 5.70. The van der Waals surface area contributed by atoms with Crippen molar-refractivity contribution in [2.24, 2.45) is 29.6 Å². The molecule has 0 amide bonds. The molecule has 6 atom stereocenters. The van der Waals surface area contributed by atoms with Crippen LogP contribution in [0.15, 0.2) is 0 Å². The van der Waals surface area contributed by atoms with Crippen molar-refractivity contribution in [1.29, 1.82) is 0 Å². The maximum atomic E-state index is 13.1. The molecule has 0 radical (unpaired) electrons. The van der Waals surface area contributed by atoms with Crippen molar-refractivity contribution in [1.82, 2.24) is 0 Å². The first-order valence-electron chi connectivity index (χ1n) is 9.44. The van der Waals surface area contributed by atoms with Crippen molar-refractivity contribution in [3.8, 4) is 0 Å². The Bertz CT molecular complexity index is 605. The summed E-state index contributed by atoms with van der Waals surface area (Å²) in [5, 5.41) is 0. The first-order chi connectivity index (χ1) is 11.8. The van der Waals surface area contributed by atoms with Gasteiger partial charge in [0, 0.05) is 18.8 Å². The van der Waals surface area contributed by atoms with Gasteiger partial charge in [0.15, 0.2) is 0 Å². The van der Waals surface area contributed by atoms with Gasteiger partial charge in [-0.05, 0) is 38.0 Å². The highest BCUT2D eigenvalue weighted by molar-refractivity contribution is 5.86. The predicted molar refractivity (Wildman–Crippen MR) is 86.1 cm³/mol. The van der Waals surface area contributed by atoms with Crippen LogP contribution in [0.4, 0.5) is 0 Å². The Morgan fingerprint density at radius 3 is 2.48 bits per heavy atom. The number of rotatable bonds is 4. The normalized spacial score (nSPS) is 40.4. The SMILES string of the molecule is CC(=O)OC1C2CC3C1OC(=O)C3C2C(=O)OC1(C(C)C)CCCC1. The van der Waals surface area contributed by atoms with Crippen molar-refractivity contribution in [3.05, 3.63) is 0 Å².